The Balaban J connectivity index is 1.89. The number of benzene rings is 2. The lowest BCUT2D eigenvalue weighted by molar-refractivity contribution is -0.114. The second-order valence-corrected chi connectivity index (χ2v) is 7.80. The molecule has 0 aliphatic rings. The van der Waals surface area contributed by atoms with Crippen LogP contribution < -0.4 is 4.74 Å². The molecule has 5 nitrogen and oxygen atoms in total. The summed E-state index contributed by atoms with van der Waals surface area (Å²) in [6.07, 6.45) is 6.33. The van der Waals surface area contributed by atoms with Crippen molar-refractivity contribution >= 4 is 12.6 Å². The minimum Gasteiger partial charge on any atom is -0.497 e. The molecule has 0 unspecified atom stereocenters. The minimum absolute atomic E-state index is 0.115. The summed E-state index contributed by atoms with van der Waals surface area (Å²) in [5.74, 6) is 0.694. The zero-order valence-electron chi connectivity index (χ0n) is 18.4. The van der Waals surface area contributed by atoms with E-state index in [0.717, 1.165) is 29.4 Å². The summed E-state index contributed by atoms with van der Waals surface area (Å²) in [4.78, 5) is 22.6. The van der Waals surface area contributed by atoms with Crippen molar-refractivity contribution in [3.05, 3.63) is 77.9 Å². The zero-order valence-corrected chi connectivity index (χ0v) is 18.4. The predicted octanol–water partition coefficient (Wildman–Crippen LogP) is 4.79. The second-order valence-electron chi connectivity index (χ2n) is 7.80. The fourth-order valence-electron chi connectivity index (χ4n) is 3.37. The van der Waals surface area contributed by atoms with Crippen LogP contribution in [-0.4, -0.2) is 32.9 Å². The number of ether oxygens (including phenoxy) is 3. The molecule has 2 rings (SSSR count). The Morgan fingerprint density at radius 2 is 1.58 bits per heavy atom. The van der Waals surface area contributed by atoms with Crippen LogP contribution in [0.4, 0.5) is 0 Å². The Morgan fingerprint density at radius 1 is 0.903 bits per heavy atom. The van der Waals surface area contributed by atoms with Crippen LogP contribution in [0.2, 0.25) is 0 Å². The van der Waals surface area contributed by atoms with Crippen LogP contribution in [0.25, 0.3) is 0 Å². The number of hydrogen-bond acceptors (Lipinski definition) is 5. The summed E-state index contributed by atoms with van der Waals surface area (Å²) in [5.41, 5.74) is 1.66. The number of aldehydes is 2. The topological polar surface area (TPSA) is 61.8 Å². The summed E-state index contributed by atoms with van der Waals surface area (Å²) in [6.45, 7) is 3.75. The zero-order chi connectivity index (χ0) is 22.4. The lowest BCUT2D eigenvalue weighted by atomic mass is 9.73. The van der Waals surface area contributed by atoms with Crippen LogP contribution in [-0.2, 0) is 32.3 Å². The monoisotopic (exact) mass is 424 g/mol. The second kappa shape index (κ2) is 13.5. The largest absolute Gasteiger partial charge is 0.497 e. The first-order chi connectivity index (χ1) is 15.1. The summed E-state index contributed by atoms with van der Waals surface area (Å²) in [6, 6.07) is 17.6. The average molecular weight is 425 g/mol. The molecule has 0 aliphatic heterocycles. The van der Waals surface area contributed by atoms with Gasteiger partial charge in [0.05, 0.1) is 33.5 Å². The fraction of sp³-hybridized carbons (Fsp3) is 0.385. The van der Waals surface area contributed by atoms with Gasteiger partial charge in [0, 0.05) is 18.3 Å². The maximum absolute atomic E-state index is 11.3. The van der Waals surface area contributed by atoms with Crippen LogP contribution in [0, 0.1) is 11.3 Å². The molecule has 0 bridgehead atoms. The highest BCUT2D eigenvalue weighted by molar-refractivity contribution is 5.53. The first-order valence-corrected chi connectivity index (χ1v) is 10.5. The quantitative estimate of drug-likeness (QED) is 0.234. The molecule has 0 radical (unpaired) electrons. The highest BCUT2D eigenvalue weighted by atomic mass is 16.5. The Morgan fingerprint density at radius 3 is 2.23 bits per heavy atom. The van der Waals surface area contributed by atoms with E-state index in [1.807, 2.05) is 73.7 Å². The summed E-state index contributed by atoms with van der Waals surface area (Å²) >= 11 is 0. The Kier molecular flexibility index (Phi) is 10.7. The van der Waals surface area contributed by atoms with Gasteiger partial charge < -0.3 is 23.8 Å². The van der Waals surface area contributed by atoms with Crippen LogP contribution in [0.5, 0.6) is 5.75 Å². The Bertz CT molecular complexity index is 800. The van der Waals surface area contributed by atoms with Gasteiger partial charge in [-0.25, -0.2) is 0 Å². The van der Waals surface area contributed by atoms with E-state index in [0.29, 0.717) is 39.3 Å². The lowest BCUT2D eigenvalue weighted by Gasteiger charge is -2.33. The highest BCUT2D eigenvalue weighted by Gasteiger charge is 2.32. The third-order valence-corrected chi connectivity index (χ3v) is 5.35. The van der Waals surface area contributed by atoms with Crippen molar-refractivity contribution in [2.45, 2.75) is 33.0 Å². The molecule has 0 spiro atoms. The summed E-state index contributed by atoms with van der Waals surface area (Å²) < 4.78 is 16.8. The molecule has 0 N–H and O–H groups in total. The molecule has 0 saturated carbocycles. The molecule has 0 amide bonds. The average Bonchev–Trinajstić information content (AvgIpc) is 2.79. The van der Waals surface area contributed by atoms with E-state index in [4.69, 9.17) is 14.2 Å². The number of carbonyl (C=O) groups is 2. The number of methoxy groups -OCH3 is 1. The maximum atomic E-state index is 11.3. The van der Waals surface area contributed by atoms with Crippen LogP contribution >= 0.6 is 0 Å². The standard InChI is InChI=1S/C26H32O5/c1-26(15-17-28,21-31-20-22-7-4-3-5-8-22)24(14-16-27)9-6-18-30-19-23-10-12-25(29-2)13-11-23/h3-13,16-17,24H,14-15,18-21H2,1-2H3/b9-6+/t24-,26+/m1/s1. The molecule has 2 atom stereocenters. The number of rotatable bonds is 15. The van der Waals surface area contributed by atoms with Gasteiger partial charge in [-0.1, -0.05) is 61.5 Å². The normalized spacial score (nSPS) is 14.1. The van der Waals surface area contributed by atoms with Gasteiger partial charge in [0.15, 0.2) is 0 Å². The smallest absolute Gasteiger partial charge is 0.120 e. The van der Waals surface area contributed by atoms with Gasteiger partial charge in [-0.2, -0.15) is 0 Å². The van der Waals surface area contributed by atoms with Crippen molar-refractivity contribution in [3.8, 4) is 5.75 Å². The summed E-state index contributed by atoms with van der Waals surface area (Å²) in [5, 5.41) is 0. The van der Waals surface area contributed by atoms with Gasteiger partial charge in [-0.15, -0.1) is 0 Å². The molecule has 2 aromatic rings. The predicted molar refractivity (Wildman–Crippen MR) is 121 cm³/mol. The maximum Gasteiger partial charge on any atom is 0.120 e. The number of carbonyl (C=O) groups excluding carboxylic acids is 2. The van der Waals surface area contributed by atoms with E-state index in [2.05, 4.69) is 0 Å². The number of hydrogen-bond donors (Lipinski definition) is 0. The van der Waals surface area contributed by atoms with Gasteiger partial charge in [0.25, 0.3) is 0 Å². The third kappa shape index (κ3) is 8.48. The van der Waals surface area contributed by atoms with Gasteiger partial charge in [-0.05, 0) is 29.2 Å². The van der Waals surface area contributed by atoms with Gasteiger partial charge >= 0.3 is 0 Å². The molecule has 0 saturated heterocycles. The van der Waals surface area contributed by atoms with Gasteiger partial charge in [0.2, 0.25) is 0 Å². The molecule has 2 aromatic carbocycles. The van der Waals surface area contributed by atoms with Crippen molar-refractivity contribution in [2.75, 3.05) is 20.3 Å². The molecule has 0 aliphatic carbocycles. The van der Waals surface area contributed by atoms with E-state index < -0.39 is 5.41 Å². The van der Waals surface area contributed by atoms with E-state index in [1.54, 1.807) is 7.11 Å². The fourth-order valence-corrected chi connectivity index (χ4v) is 3.37. The lowest BCUT2D eigenvalue weighted by Crippen LogP contribution is -2.32. The molecule has 0 heterocycles. The van der Waals surface area contributed by atoms with Gasteiger partial charge in [-0.3, -0.25) is 0 Å². The van der Waals surface area contributed by atoms with E-state index in [-0.39, 0.29) is 5.92 Å². The molecule has 166 valence electrons. The highest BCUT2D eigenvalue weighted by Crippen LogP contribution is 2.34. The summed E-state index contributed by atoms with van der Waals surface area (Å²) in [7, 11) is 1.64. The molecular weight excluding hydrogens is 392 g/mol. The van der Waals surface area contributed by atoms with E-state index in [9.17, 15) is 9.59 Å². The third-order valence-electron chi connectivity index (χ3n) is 5.35. The van der Waals surface area contributed by atoms with Crippen molar-refractivity contribution in [2.24, 2.45) is 11.3 Å². The molecule has 5 heteroatoms. The minimum atomic E-state index is -0.468. The van der Waals surface area contributed by atoms with Crippen LogP contribution in [0.3, 0.4) is 0 Å². The van der Waals surface area contributed by atoms with Crippen LogP contribution in [0.1, 0.15) is 30.9 Å². The van der Waals surface area contributed by atoms with E-state index in [1.165, 1.54) is 0 Å². The van der Waals surface area contributed by atoms with Crippen molar-refractivity contribution in [3.63, 3.8) is 0 Å². The van der Waals surface area contributed by atoms with Crippen LogP contribution in [0.15, 0.2) is 66.7 Å². The molecular formula is C26H32O5. The first-order valence-electron chi connectivity index (χ1n) is 10.5. The SMILES string of the molecule is COc1ccc(COC/C=C/[C@H](CC=O)[C@@](C)(CC=O)COCc2ccccc2)cc1. The van der Waals surface area contributed by atoms with Crippen molar-refractivity contribution in [1.29, 1.82) is 0 Å². The molecule has 0 fully saturated rings. The van der Waals surface area contributed by atoms with E-state index >= 15 is 0 Å². The number of allylic oxidation sites excluding steroid dienone is 1. The molecule has 0 aromatic heterocycles. The first kappa shape index (κ1) is 24.5. The van der Waals surface area contributed by atoms with Crippen molar-refractivity contribution in [1.82, 2.24) is 0 Å². The Labute approximate surface area is 185 Å². The van der Waals surface area contributed by atoms with Gasteiger partial charge in [0.1, 0.15) is 18.3 Å². The van der Waals surface area contributed by atoms with Crippen molar-refractivity contribution < 1.29 is 23.8 Å². The Hall–Kier alpha value is -2.76. The molecule has 31 heavy (non-hydrogen) atoms.